The molecule has 2 fully saturated rings. The largest absolute Gasteiger partial charge is 0.496 e. The third-order valence-corrected chi connectivity index (χ3v) is 5.13. The first-order valence-corrected chi connectivity index (χ1v) is 8.31. The molecule has 3 heteroatoms. The Kier molecular flexibility index (Phi) is 4.81. The summed E-state index contributed by atoms with van der Waals surface area (Å²) in [6.07, 6.45) is 5.25. The van der Waals surface area contributed by atoms with Gasteiger partial charge in [-0.25, -0.2) is 0 Å². The third-order valence-electron chi connectivity index (χ3n) is 5.13. The molecule has 1 aromatic rings. The predicted molar refractivity (Wildman–Crippen MR) is 87.0 cm³/mol. The molecule has 3 rings (SSSR count). The van der Waals surface area contributed by atoms with Crippen LogP contribution < -0.4 is 10.1 Å². The lowest BCUT2D eigenvalue weighted by molar-refractivity contribution is 0.189. The average molecular weight is 288 g/mol. The normalized spacial score (nSPS) is 29.9. The van der Waals surface area contributed by atoms with Crippen molar-refractivity contribution < 1.29 is 4.74 Å². The molecule has 1 aromatic carbocycles. The topological polar surface area (TPSA) is 24.5 Å². The van der Waals surface area contributed by atoms with Crippen molar-refractivity contribution in [3.8, 4) is 5.75 Å². The van der Waals surface area contributed by atoms with Crippen LogP contribution in [0.2, 0.25) is 0 Å². The Labute approximate surface area is 128 Å². The molecule has 1 atom stereocenters. The number of hydrogen-bond acceptors (Lipinski definition) is 3. The van der Waals surface area contributed by atoms with E-state index in [0.717, 1.165) is 11.7 Å². The van der Waals surface area contributed by atoms with Gasteiger partial charge in [0.05, 0.1) is 7.11 Å². The lowest BCUT2D eigenvalue weighted by Crippen LogP contribution is -2.45. The van der Waals surface area contributed by atoms with E-state index in [1.54, 1.807) is 7.11 Å². The van der Waals surface area contributed by atoms with Crippen molar-refractivity contribution in [2.75, 3.05) is 33.8 Å². The Balaban J connectivity index is 1.43. The van der Waals surface area contributed by atoms with Gasteiger partial charge in [0.25, 0.3) is 0 Å². The van der Waals surface area contributed by atoms with Crippen molar-refractivity contribution >= 4 is 0 Å². The van der Waals surface area contributed by atoms with Crippen LogP contribution in [0.1, 0.15) is 37.2 Å². The maximum absolute atomic E-state index is 5.48. The van der Waals surface area contributed by atoms with Crippen LogP contribution in [0, 0.1) is 5.92 Å². The Morgan fingerprint density at radius 3 is 2.86 bits per heavy atom. The number of rotatable bonds is 5. The number of nitrogens with one attached hydrogen (secondary N) is 1. The Hall–Kier alpha value is -1.06. The van der Waals surface area contributed by atoms with Gasteiger partial charge < -0.3 is 15.0 Å². The van der Waals surface area contributed by atoms with Gasteiger partial charge in [-0.15, -0.1) is 0 Å². The number of hydrogen-bond donors (Lipinski definition) is 1. The Bertz CT molecular complexity index is 456. The van der Waals surface area contributed by atoms with Crippen LogP contribution in [-0.2, 0) is 0 Å². The van der Waals surface area contributed by atoms with E-state index in [0.29, 0.717) is 12.0 Å². The van der Waals surface area contributed by atoms with Crippen molar-refractivity contribution in [2.45, 2.75) is 37.6 Å². The van der Waals surface area contributed by atoms with E-state index < -0.39 is 0 Å². The van der Waals surface area contributed by atoms with E-state index in [1.807, 2.05) is 0 Å². The molecular formula is C18H28N2O. The second kappa shape index (κ2) is 6.80. The zero-order chi connectivity index (χ0) is 14.7. The van der Waals surface area contributed by atoms with Crippen LogP contribution in [0.5, 0.6) is 5.75 Å². The van der Waals surface area contributed by atoms with Gasteiger partial charge in [0.2, 0.25) is 0 Å². The zero-order valence-corrected chi connectivity index (χ0v) is 13.3. The van der Waals surface area contributed by atoms with Gasteiger partial charge in [0.1, 0.15) is 5.75 Å². The smallest absolute Gasteiger partial charge is 0.122 e. The second-order valence-corrected chi connectivity index (χ2v) is 6.79. The molecule has 0 spiro atoms. The van der Waals surface area contributed by atoms with Gasteiger partial charge >= 0.3 is 0 Å². The van der Waals surface area contributed by atoms with Gasteiger partial charge in [-0.05, 0) is 69.3 Å². The van der Waals surface area contributed by atoms with Crippen molar-refractivity contribution in [3.05, 3.63) is 29.8 Å². The Morgan fingerprint density at radius 2 is 2.10 bits per heavy atom. The van der Waals surface area contributed by atoms with Gasteiger partial charge in [0.15, 0.2) is 0 Å². The van der Waals surface area contributed by atoms with E-state index >= 15 is 0 Å². The summed E-state index contributed by atoms with van der Waals surface area (Å²) in [5.41, 5.74) is 1.38. The van der Waals surface area contributed by atoms with Gasteiger partial charge in [-0.1, -0.05) is 18.2 Å². The molecule has 0 aromatic heterocycles. The first-order chi connectivity index (χ1) is 10.3. The predicted octanol–water partition coefficient (Wildman–Crippen LogP) is 2.87. The summed E-state index contributed by atoms with van der Waals surface area (Å²) in [4.78, 5) is 2.47. The van der Waals surface area contributed by atoms with E-state index in [-0.39, 0.29) is 0 Å². The van der Waals surface area contributed by atoms with Gasteiger partial charge in [0, 0.05) is 12.6 Å². The monoisotopic (exact) mass is 288 g/mol. The van der Waals surface area contributed by atoms with Crippen molar-refractivity contribution in [1.82, 2.24) is 10.2 Å². The molecule has 1 unspecified atom stereocenters. The highest BCUT2D eigenvalue weighted by molar-refractivity contribution is 5.37. The van der Waals surface area contributed by atoms with Crippen LogP contribution in [0.3, 0.4) is 0 Å². The van der Waals surface area contributed by atoms with Crippen LogP contribution in [-0.4, -0.2) is 44.7 Å². The fourth-order valence-electron chi connectivity index (χ4n) is 3.82. The molecule has 1 heterocycles. The summed E-state index contributed by atoms with van der Waals surface area (Å²) in [5, 5.41) is 3.78. The minimum atomic E-state index is 0.674. The highest BCUT2D eigenvalue weighted by atomic mass is 16.5. The fraction of sp³-hybridized carbons (Fsp3) is 0.667. The summed E-state index contributed by atoms with van der Waals surface area (Å²) in [6.45, 7) is 3.72. The van der Waals surface area contributed by atoms with Crippen LogP contribution in [0.4, 0.5) is 0 Å². The molecular weight excluding hydrogens is 260 g/mol. The van der Waals surface area contributed by atoms with E-state index in [4.69, 9.17) is 4.74 Å². The molecule has 1 saturated carbocycles. The molecule has 0 bridgehead atoms. The maximum atomic E-state index is 5.48. The maximum Gasteiger partial charge on any atom is 0.122 e. The standard InChI is InChI=1S/C18H28N2O/c1-20-9-5-6-14(13-20)12-19-16-10-15(11-16)17-7-3-4-8-18(17)21-2/h3-4,7-8,14-16,19H,5-6,9-13H2,1-2H3. The molecule has 3 nitrogen and oxygen atoms in total. The number of ether oxygens (including phenoxy) is 1. The third kappa shape index (κ3) is 3.58. The van der Waals surface area contributed by atoms with E-state index in [9.17, 15) is 0 Å². The summed E-state index contributed by atoms with van der Waals surface area (Å²) in [5.74, 6) is 2.57. The molecule has 1 N–H and O–H groups in total. The summed E-state index contributed by atoms with van der Waals surface area (Å²) in [6, 6.07) is 9.17. The van der Waals surface area contributed by atoms with E-state index in [1.165, 1.54) is 50.9 Å². The highest BCUT2D eigenvalue weighted by Gasteiger charge is 2.32. The van der Waals surface area contributed by atoms with Gasteiger partial charge in [-0.2, -0.15) is 0 Å². The van der Waals surface area contributed by atoms with Crippen LogP contribution in [0.15, 0.2) is 24.3 Å². The molecule has 2 aliphatic rings. The first kappa shape index (κ1) is 14.9. The number of methoxy groups -OCH3 is 1. The quantitative estimate of drug-likeness (QED) is 0.901. The summed E-state index contributed by atoms with van der Waals surface area (Å²) >= 11 is 0. The van der Waals surface area contributed by atoms with Crippen LogP contribution >= 0.6 is 0 Å². The zero-order valence-electron chi connectivity index (χ0n) is 13.3. The molecule has 21 heavy (non-hydrogen) atoms. The Morgan fingerprint density at radius 1 is 1.29 bits per heavy atom. The van der Waals surface area contributed by atoms with E-state index in [2.05, 4.69) is 41.5 Å². The number of piperidine rings is 1. The molecule has 0 radical (unpaired) electrons. The van der Waals surface area contributed by atoms with Crippen molar-refractivity contribution in [1.29, 1.82) is 0 Å². The summed E-state index contributed by atoms with van der Waals surface area (Å²) in [7, 11) is 4.01. The molecule has 116 valence electrons. The number of likely N-dealkylation sites (tertiary alicyclic amines) is 1. The lowest BCUT2D eigenvalue weighted by Gasteiger charge is -2.39. The number of benzene rings is 1. The van der Waals surface area contributed by atoms with Crippen molar-refractivity contribution in [3.63, 3.8) is 0 Å². The number of nitrogens with zero attached hydrogens (tertiary/aromatic N) is 1. The second-order valence-electron chi connectivity index (χ2n) is 6.79. The first-order valence-electron chi connectivity index (χ1n) is 8.31. The minimum Gasteiger partial charge on any atom is -0.496 e. The SMILES string of the molecule is COc1ccccc1C1CC(NCC2CCCN(C)C2)C1. The minimum absolute atomic E-state index is 0.674. The molecule has 1 aliphatic heterocycles. The van der Waals surface area contributed by atoms with Crippen LogP contribution in [0.25, 0.3) is 0 Å². The highest BCUT2D eigenvalue weighted by Crippen LogP contribution is 2.41. The van der Waals surface area contributed by atoms with Crippen molar-refractivity contribution in [2.24, 2.45) is 5.92 Å². The molecule has 1 aliphatic carbocycles. The molecule has 1 saturated heterocycles. The fourth-order valence-corrected chi connectivity index (χ4v) is 3.82. The average Bonchev–Trinajstić information content (AvgIpc) is 2.46. The van der Waals surface area contributed by atoms with Gasteiger partial charge in [-0.3, -0.25) is 0 Å². The summed E-state index contributed by atoms with van der Waals surface area (Å²) < 4.78 is 5.48. The number of para-hydroxylation sites is 1. The molecule has 0 amide bonds. The lowest BCUT2D eigenvalue weighted by atomic mass is 9.75.